The molecule has 2 saturated heterocycles. The van der Waals surface area contributed by atoms with Crippen LogP contribution < -0.4 is 17.0 Å². The Bertz CT molecular complexity index is 627. The molecule has 3 atom stereocenters. The molecule has 1 aromatic rings. The summed E-state index contributed by atoms with van der Waals surface area (Å²) >= 11 is 0. The Labute approximate surface area is 125 Å². The number of amides is 2. The Morgan fingerprint density at radius 3 is 2.77 bits per heavy atom. The van der Waals surface area contributed by atoms with Crippen molar-refractivity contribution in [3.63, 3.8) is 0 Å². The number of fused-ring (bicyclic) bond motifs is 1. The number of primary amides is 1. The minimum atomic E-state index is -0.848. The van der Waals surface area contributed by atoms with E-state index in [1.807, 2.05) is 5.43 Å². The maximum Gasteiger partial charge on any atom is 0.270 e. The molecular formula is C12H17N5O5. The summed E-state index contributed by atoms with van der Waals surface area (Å²) in [5, 5.41) is 6.41. The Morgan fingerprint density at radius 1 is 1.41 bits per heavy atom. The first-order chi connectivity index (χ1) is 10.3. The molecule has 2 aliphatic heterocycles. The number of carbonyl (C=O) groups is 2. The SMILES string of the molecule is CC1(C)OC2COC(c3[nH]nc(C(N)=O)c3C(=O)NN)C2O1. The molecule has 1 aromatic heterocycles. The zero-order valence-corrected chi connectivity index (χ0v) is 12.1. The van der Waals surface area contributed by atoms with Gasteiger partial charge in [-0.3, -0.25) is 20.1 Å². The third-order valence-corrected chi connectivity index (χ3v) is 3.63. The number of carbonyl (C=O) groups excluding carboxylic acids is 2. The van der Waals surface area contributed by atoms with Gasteiger partial charge in [0, 0.05) is 0 Å². The number of ether oxygens (including phenoxy) is 3. The Kier molecular flexibility index (Phi) is 3.40. The first-order valence-corrected chi connectivity index (χ1v) is 6.70. The molecule has 2 fully saturated rings. The van der Waals surface area contributed by atoms with Crippen molar-refractivity contribution >= 4 is 11.8 Å². The molecule has 0 bridgehead atoms. The predicted octanol–water partition coefficient (Wildman–Crippen LogP) is -1.30. The fourth-order valence-corrected chi connectivity index (χ4v) is 2.83. The zero-order chi connectivity index (χ0) is 16.1. The molecule has 6 N–H and O–H groups in total. The van der Waals surface area contributed by atoms with E-state index in [-0.39, 0.29) is 23.1 Å². The first kappa shape index (κ1) is 14.9. The lowest BCUT2D eigenvalue weighted by Gasteiger charge is -2.21. The normalized spacial score (nSPS) is 29.3. The molecular weight excluding hydrogens is 294 g/mol. The molecule has 0 saturated carbocycles. The average molecular weight is 311 g/mol. The summed E-state index contributed by atoms with van der Waals surface area (Å²) in [7, 11) is 0. The maximum atomic E-state index is 12.0. The highest BCUT2D eigenvalue weighted by Crippen LogP contribution is 2.42. The van der Waals surface area contributed by atoms with Gasteiger partial charge in [0.2, 0.25) is 0 Å². The van der Waals surface area contributed by atoms with Gasteiger partial charge in [0.05, 0.1) is 17.9 Å². The number of nitrogens with two attached hydrogens (primary N) is 2. The number of hydrazine groups is 1. The Hall–Kier alpha value is -2.01. The van der Waals surface area contributed by atoms with E-state index in [2.05, 4.69) is 10.2 Å². The number of nitrogens with zero attached hydrogens (tertiary/aromatic N) is 1. The molecule has 2 aliphatic rings. The van der Waals surface area contributed by atoms with Gasteiger partial charge in [-0.15, -0.1) is 0 Å². The monoisotopic (exact) mass is 311 g/mol. The Morgan fingerprint density at radius 2 is 2.14 bits per heavy atom. The van der Waals surface area contributed by atoms with Crippen molar-refractivity contribution in [2.45, 2.75) is 37.9 Å². The standard InChI is InChI=1S/C12H17N5O5/c1-12(2)21-4-3-20-9(8(4)22-12)6-5(11(19)15-14)7(10(13)18)17-16-6/h4,8-9H,3,14H2,1-2H3,(H2,13,18)(H,15,19)(H,16,17). The topological polar surface area (TPSA) is 155 Å². The van der Waals surface area contributed by atoms with Crippen molar-refractivity contribution in [2.75, 3.05) is 6.61 Å². The summed E-state index contributed by atoms with van der Waals surface area (Å²) in [5.41, 5.74) is 7.23. The smallest absolute Gasteiger partial charge is 0.270 e. The van der Waals surface area contributed by atoms with Gasteiger partial charge in [-0.2, -0.15) is 5.10 Å². The molecule has 3 rings (SSSR count). The lowest BCUT2D eigenvalue weighted by Crippen LogP contribution is -2.33. The van der Waals surface area contributed by atoms with E-state index in [9.17, 15) is 9.59 Å². The van der Waals surface area contributed by atoms with Crippen LogP contribution in [0.25, 0.3) is 0 Å². The van der Waals surface area contributed by atoms with Gasteiger partial charge < -0.3 is 19.9 Å². The van der Waals surface area contributed by atoms with Crippen LogP contribution in [-0.4, -0.2) is 46.6 Å². The zero-order valence-electron chi connectivity index (χ0n) is 12.1. The van der Waals surface area contributed by atoms with Crippen LogP contribution in [0.1, 0.15) is 46.5 Å². The van der Waals surface area contributed by atoms with Crippen LogP contribution in [0.15, 0.2) is 0 Å². The quantitative estimate of drug-likeness (QED) is 0.307. The third kappa shape index (κ3) is 2.25. The fourth-order valence-electron chi connectivity index (χ4n) is 2.83. The van der Waals surface area contributed by atoms with Crippen molar-refractivity contribution in [3.05, 3.63) is 17.0 Å². The molecule has 0 spiro atoms. The van der Waals surface area contributed by atoms with E-state index in [1.54, 1.807) is 13.8 Å². The highest BCUT2D eigenvalue weighted by Gasteiger charge is 2.52. The molecule has 10 nitrogen and oxygen atoms in total. The van der Waals surface area contributed by atoms with Crippen molar-refractivity contribution in [1.29, 1.82) is 0 Å². The van der Waals surface area contributed by atoms with Gasteiger partial charge in [0.25, 0.3) is 11.8 Å². The number of rotatable bonds is 3. The van der Waals surface area contributed by atoms with Crippen LogP contribution in [0, 0.1) is 0 Å². The van der Waals surface area contributed by atoms with Gasteiger partial charge in [-0.25, -0.2) is 5.84 Å². The average Bonchev–Trinajstić information content (AvgIpc) is 3.08. The minimum absolute atomic E-state index is 0.0473. The fraction of sp³-hybridized carbons (Fsp3) is 0.583. The maximum absolute atomic E-state index is 12.0. The molecule has 10 heteroatoms. The van der Waals surface area contributed by atoms with Gasteiger partial charge in [0.15, 0.2) is 11.5 Å². The van der Waals surface area contributed by atoms with E-state index in [1.165, 1.54) is 0 Å². The van der Waals surface area contributed by atoms with Crippen molar-refractivity contribution in [3.8, 4) is 0 Å². The van der Waals surface area contributed by atoms with Crippen molar-refractivity contribution < 1.29 is 23.8 Å². The number of aromatic nitrogens is 2. The number of hydrogen-bond donors (Lipinski definition) is 4. The molecule has 120 valence electrons. The number of H-pyrrole nitrogens is 1. The van der Waals surface area contributed by atoms with Gasteiger partial charge in [0.1, 0.15) is 18.3 Å². The predicted molar refractivity (Wildman–Crippen MR) is 71.3 cm³/mol. The second-order valence-electron chi connectivity index (χ2n) is 5.59. The Balaban J connectivity index is 1.99. The van der Waals surface area contributed by atoms with Crippen molar-refractivity contribution in [1.82, 2.24) is 15.6 Å². The van der Waals surface area contributed by atoms with Crippen LogP contribution in [0.3, 0.4) is 0 Å². The largest absolute Gasteiger partial charge is 0.366 e. The second kappa shape index (κ2) is 5.02. The number of hydrogen-bond acceptors (Lipinski definition) is 7. The van der Waals surface area contributed by atoms with Gasteiger partial charge >= 0.3 is 0 Å². The second-order valence-corrected chi connectivity index (χ2v) is 5.59. The number of nitrogens with one attached hydrogen (secondary N) is 2. The van der Waals surface area contributed by atoms with Crippen LogP contribution in [0.5, 0.6) is 0 Å². The lowest BCUT2D eigenvalue weighted by atomic mass is 10.0. The van der Waals surface area contributed by atoms with Gasteiger partial charge in [-0.1, -0.05) is 0 Å². The lowest BCUT2D eigenvalue weighted by molar-refractivity contribution is -0.176. The molecule has 2 amide bonds. The van der Waals surface area contributed by atoms with Crippen molar-refractivity contribution in [2.24, 2.45) is 11.6 Å². The molecule has 22 heavy (non-hydrogen) atoms. The summed E-state index contributed by atoms with van der Waals surface area (Å²) in [6, 6.07) is 0. The van der Waals surface area contributed by atoms with Crippen LogP contribution in [0.2, 0.25) is 0 Å². The number of nitrogen functional groups attached to an aromatic ring is 1. The first-order valence-electron chi connectivity index (χ1n) is 6.70. The summed E-state index contributed by atoms with van der Waals surface area (Å²) in [6.45, 7) is 3.88. The minimum Gasteiger partial charge on any atom is -0.366 e. The third-order valence-electron chi connectivity index (χ3n) is 3.63. The highest BCUT2D eigenvalue weighted by atomic mass is 16.8. The molecule has 3 heterocycles. The van der Waals surface area contributed by atoms with E-state index >= 15 is 0 Å². The summed E-state index contributed by atoms with van der Waals surface area (Å²) < 4.78 is 17.1. The van der Waals surface area contributed by atoms with E-state index in [0.717, 1.165) is 0 Å². The van der Waals surface area contributed by atoms with E-state index in [0.29, 0.717) is 6.61 Å². The van der Waals surface area contributed by atoms with E-state index < -0.39 is 29.8 Å². The number of aromatic amines is 1. The van der Waals surface area contributed by atoms with Crippen LogP contribution in [0.4, 0.5) is 0 Å². The summed E-state index contributed by atoms with van der Waals surface area (Å²) in [5.74, 6) is 2.87. The molecule has 3 unspecified atom stereocenters. The van der Waals surface area contributed by atoms with Gasteiger partial charge in [-0.05, 0) is 13.8 Å². The summed E-state index contributed by atoms with van der Waals surface area (Å²) in [4.78, 5) is 23.4. The highest BCUT2D eigenvalue weighted by molar-refractivity contribution is 6.06. The molecule has 0 aromatic carbocycles. The molecule has 0 radical (unpaired) electrons. The molecule has 0 aliphatic carbocycles. The summed E-state index contributed by atoms with van der Waals surface area (Å²) in [6.07, 6.45) is -1.34. The van der Waals surface area contributed by atoms with Crippen LogP contribution in [-0.2, 0) is 14.2 Å². The van der Waals surface area contributed by atoms with E-state index in [4.69, 9.17) is 25.8 Å². The van der Waals surface area contributed by atoms with Crippen LogP contribution >= 0.6 is 0 Å².